The van der Waals surface area contributed by atoms with Gasteiger partial charge in [0.1, 0.15) is 0 Å². The van der Waals surface area contributed by atoms with Crippen LogP contribution in [0.4, 0.5) is 21.9 Å². The van der Waals surface area contributed by atoms with E-state index in [0.29, 0.717) is 15.7 Å². The molecule has 0 aliphatic carbocycles. The highest BCUT2D eigenvalue weighted by Gasteiger charge is 2.07. The number of urea groups is 1. The molecule has 2 aromatic carbocycles. The minimum absolute atomic E-state index is 0.335. The lowest BCUT2D eigenvalue weighted by Crippen LogP contribution is -2.20. The third-order valence-corrected chi connectivity index (χ3v) is 3.77. The third-order valence-electron chi connectivity index (χ3n) is 3.03. The number of rotatable bonds is 4. The molecule has 0 unspecified atom stereocenters. The van der Waals surface area contributed by atoms with E-state index < -0.39 is 0 Å². The van der Waals surface area contributed by atoms with E-state index in [0.717, 1.165) is 23.5 Å². The molecule has 2 rings (SSSR count). The predicted octanol–water partition coefficient (Wildman–Crippen LogP) is 5.38. The minimum atomic E-state index is -0.335. The molecular formula is C16H17Cl2N3O. The summed E-state index contributed by atoms with van der Waals surface area (Å²) in [4.78, 5) is 12.0. The Hall–Kier alpha value is -1.91. The van der Waals surface area contributed by atoms with Crippen molar-refractivity contribution in [2.45, 2.75) is 13.8 Å². The molecule has 0 atom stereocenters. The fraction of sp³-hybridized carbons (Fsp3) is 0.188. The summed E-state index contributed by atoms with van der Waals surface area (Å²) in [5, 5.41) is 9.59. The minimum Gasteiger partial charge on any atom is -0.385 e. The molecule has 22 heavy (non-hydrogen) atoms. The van der Waals surface area contributed by atoms with Crippen molar-refractivity contribution in [3.8, 4) is 0 Å². The topological polar surface area (TPSA) is 53.2 Å². The van der Waals surface area contributed by atoms with E-state index >= 15 is 0 Å². The molecule has 2 amide bonds. The summed E-state index contributed by atoms with van der Waals surface area (Å²) in [6.07, 6.45) is 0. The largest absolute Gasteiger partial charge is 0.385 e. The van der Waals surface area contributed by atoms with E-state index in [1.807, 2.05) is 32.0 Å². The molecule has 0 radical (unpaired) electrons. The number of carbonyl (C=O) groups is 1. The zero-order chi connectivity index (χ0) is 16.1. The van der Waals surface area contributed by atoms with Crippen molar-refractivity contribution in [2.75, 3.05) is 22.5 Å². The van der Waals surface area contributed by atoms with Crippen molar-refractivity contribution in [3.05, 3.63) is 52.0 Å². The van der Waals surface area contributed by atoms with Gasteiger partial charge in [-0.15, -0.1) is 0 Å². The van der Waals surface area contributed by atoms with Gasteiger partial charge in [-0.3, -0.25) is 0 Å². The van der Waals surface area contributed by atoms with Gasteiger partial charge in [-0.1, -0.05) is 23.2 Å². The third kappa shape index (κ3) is 4.29. The van der Waals surface area contributed by atoms with E-state index in [9.17, 15) is 4.79 Å². The first-order valence-corrected chi connectivity index (χ1v) is 7.62. The van der Waals surface area contributed by atoms with Gasteiger partial charge in [0, 0.05) is 23.6 Å². The molecule has 0 bridgehead atoms. The lowest BCUT2D eigenvalue weighted by molar-refractivity contribution is 0.262. The second-order valence-corrected chi connectivity index (χ2v) is 5.58. The van der Waals surface area contributed by atoms with Gasteiger partial charge in [-0.2, -0.15) is 0 Å². The number of halogens is 2. The van der Waals surface area contributed by atoms with Crippen molar-refractivity contribution in [2.24, 2.45) is 0 Å². The Morgan fingerprint density at radius 2 is 1.73 bits per heavy atom. The molecular weight excluding hydrogens is 321 g/mol. The van der Waals surface area contributed by atoms with Crippen LogP contribution in [-0.4, -0.2) is 12.6 Å². The number of anilines is 3. The highest BCUT2D eigenvalue weighted by Crippen LogP contribution is 2.25. The lowest BCUT2D eigenvalue weighted by atomic mass is 10.2. The second kappa shape index (κ2) is 7.38. The van der Waals surface area contributed by atoms with Crippen LogP contribution < -0.4 is 16.0 Å². The maximum atomic E-state index is 12.0. The Labute approximate surface area is 139 Å². The van der Waals surface area contributed by atoms with Crippen LogP contribution in [0.5, 0.6) is 0 Å². The van der Waals surface area contributed by atoms with Crippen molar-refractivity contribution in [1.82, 2.24) is 0 Å². The number of amides is 2. The summed E-state index contributed by atoms with van der Waals surface area (Å²) in [6.45, 7) is 4.83. The summed E-state index contributed by atoms with van der Waals surface area (Å²) < 4.78 is 0. The van der Waals surface area contributed by atoms with Gasteiger partial charge in [0.25, 0.3) is 0 Å². The maximum Gasteiger partial charge on any atom is 0.323 e. The maximum absolute atomic E-state index is 12.0. The second-order valence-electron chi connectivity index (χ2n) is 4.77. The van der Waals surface area contributed by atoms with Gasteiger partial charge < -0.3 is 16.0 Å². The molecule has 6 heteroatoms. The smallest absolute Gasteiger partial charge is 0.323 e. The number of benzene rings is 2. The summed E-state index contributed by atoms with van der Waals surface area (Å²) in [7, 11) is 0. The number of carbonyl (C=O) groups excluding carboxylic acids is 1. The van der Waals surface area contributed by atoms with Gasteiger partial charge in [-0.05, 0) is 55.8 Å². The summed E-state index contributed by atoms with van der Waals surface area (Å²) in [5.74, 6) is 0. The van der Waals surface area contributed by atoms with E-state index in [1.165, 1.54) is 0 Å². The quantitative estimate of drug-likeness (QED) is 0.701. The average molecular weight is 338 g/mol. The molecule has 0 aliphatic rings. The number of aryl methyl sites for hydroxylation is 1. The Kier molecular flexibility index (Phi) is 5.52. The number of hydrogen-bond acceptors (Lipinski definition) is 2. The Balaban J connectivity index is 2.04. The van der Waals surface area contributed by atoms with Crippen LogP contribution in [-0.2, 0) is 0 Å². The van der Waals surface area contributed by atoms with E-state index in [-0.39, 0.29) is 6.03 Å². The molecule has 0 aliphatic heterocycles. The first-order valence-electron chi connectivity index (χ1n) is 6.87. The molecule has 0 aromatic heterocycles. The van der Waals surface area contributed by atoms with Crippen LogP contribution in [0.2, 0.25) is 10.0 Å². The van der Waals surface area contributed by atoms with Gasteiger partial charge in [0.15, 0.2) is 0 Å². The number of hydrogen-bond donors (Lipinski definition) is 3. The normalized spacial score (nSPS) is 10.2. The van der Waals surface area contributed by atoms with Crippen LogP contribution in [0.25, 0.3) is 0 Å². The molecule has 0 spiro atoms. The molecule has 0 saturated heterocycles. The molecule has 3 N–H and O–H groups in total. The highest BCUT2D eigenvalue weighted by atomic mass is 35.5. The first kappa shape index (κ1) is 16.5. The molecule has 116 valence electrons. The van der Waals surface area contributed by atoms with Gasteiger partial charge in [0.2, 0.25) is 0 Å². The van der Waals surface area contributed by atoms with Crippen LogP contribution in [0.3, 0.4) is 0 Å². The average Bonchev–Trinajstić information content (AvgIpc) is 2.46. The fourth-order valence-corrected chi connectivity index (χ4v) is 2.27. The van der Waals surface area contributed by atoms with E-state index in [2.05, 4.69) is 16.0 Å². The molecule has 0 saturated carbocycles. The van der Waals surface area contributed by atoms with Gasteiger partial charge in [-0.25, -0.2) is 4.79 Å². The van der Waals surface area contributed by atoms with Crippen LogP contribution in [0.1, 0.15) is 12.5 Å². The SMILES string of the molecule is CCNc1ccc(NC(=O)Nc2ccc(Cl)c(Cl)c2)c(C)c1. The summed E-state index contributed by atoms with van der Waals surface area (Å²) in [5.41, 5.74) is 3.33. The zero-order valence-electron chi connectivity index (χ0n) is 12.3. The first-order chi connectivity index (χ1) is 10.5. The number of nitrogens with one attached hydrogen (secondary N) is 3. The van der Waals surface area contributed by atoms with Gasteiger partial charge >= 0.3 is 6.03 Å². The Morgan fingerprint density at radius 3 is 2.36 bits per heavy atom. The molecule has 2 aromatic rings. The highest BCUT2D eigenvalue weighted by molar-refractivity contribution is 6.42. The van der Waals surface area contributed by atoms with Crippen LogP contribution in [0.15, 0.2) is 36.4 Å². The molecule has 0 heterocycles. The summed E-state index contributed by atoms with van der Waals surface area (Å²) >= 11 is 11.8. The van der Waals surface area contributed by atoms with Crippen molar-refractivity contribution < 1.29 is 4.79 Å². The van der Waals surface area contributed by atoms with Crippen LogP contribution >= 0.6 is 23.2 Å². The fourth-order valence-electron chi connectivity index (χ4n) is 1.98. The monoisotopic (exact) mass is 337 g/mol. The van der Waals surface area contributed by atoms with Crippen molar-refractivity contribution in [1.29, 1.82) is 0 Å². The van der Waals surface area contributed by atoms with E-state index in [4.69, 9.17) is 23.2 Å². The molecule has 4 nitrogen and oxygen atoms in total. The lowest BCUT2D eigenvalue weighted by Gasteiger charge is -2.12. The van der Waals surface area contributed by atoms with Crippen molar-refractivity contribution >= 4 is 46.3 Å². The van der Waals surface area contributed by atoms with Crippen LogP contribution in [0, 0.1) is 6.92 Å². The predicted molar refractivity (Wildman–Crippen MR) is 94.4 cm³/mol. The zero-order valence-corrected chi connectivity index (χ0v) is 13.8. The Bertz CT molecular complexity index is 689. The summed E-state index contributed by atoms with van der Waals surface area (Å²) in [6, 6.07) is 10.4. The molecule has 0 fully saturated rings. The standard InChI is InChI=1S/C16H17Cl2N3O/c1-3-19-11-5-7-15(10(2)8-11)21-16(22)20-12-4-6-13(17)14(18)9-12/h4-9,19H,3H2,1-2H3,(H2,20,21,22). The van der Waals surface area contributed by atoms with Crippen molar-refractivity contribution in [3.63, 3.8) is 0 Å². The Morgan fingerprint density at radius 1 is 1.00 bits per heavy atom. The van der Waals surface area contributed by atoms with E-state index in [1.54, 1.807) is 18.2 Å². The van der Waals surface area contributed by atoms with Gasteiger partial charge in [0.05, 0.1) is 10.0 Å².